The Kier molecular flexibility index (Phi) is 2.23. The van der Waals surface area contributed by atoms with Gasteiger partial charge in [-0.25, -0.2) is 0 Å². The number of hydrogen-bond acceptors (Lipinski definition) is 1. The lowest BCUT2D eigenvalue weighted by Gasteiger charge is -2.06. The summed E-state index contributed by atoms with van der Waals surface area (Å²) in [6.45, 7) is 2.05. The van der Waals surface area contributed by atoms with Gasteiger partial charge in [0.15, 0.2) is 0 Å². The zero-order valence-corrected chi connectivity index (χ0v) is 8.20. The Bertz CT molecular complexity index is 432. The first-order valence-electron chi connectivity index (χ1n) is 4.69. The first-order chi connectivity index (χ1) is 6.77. The van der Waals surface area contributed by atoms with Crippen LogP contribution in [0.4, 0.5) is 5.69 Å². The lowest BCUT2D eigenvalue weighted by Crippen LogP contribution is -1.90. The molecule has 0 saturated heterocycles. The van der Waals surface area contributed by atoms with Gasteiger partial charge in [0.2, 0.25) is 0 Å². The summed E-state index contributed by atoms with van der Waals surface area (Å²) >= 11 is 0. The van der Waals surface area contributed by atoms with Crippen LogP contribution in [-0.4, -0.2) is 0 Å². The van der Waals surface area contributed by atoms with E-state index < -0.39 is 0 Å². The number of aryl methyl sites for hydroxylation is 1. The fourth-order valence-corrected chi connectivity index (χ4v) is 1.56. The molecule has 0 spiro atoms. The zero-order valence-electron chi connectivity index (χ0n) is 8.20. The number of nitrogen functional groups attached to an aromatic ring is 1. The van der Waals surface area contributed by atoms with Gasteiger partial charge in [0.1, 0.15) is 0 Å². The van der Waals surface area contributed by atoms with Gasteiger partial charge in [-0.15, -0.1) is 0 Å². The van der Waals surface area contributed by atoms with E-state index in [1.54, 1.807) is 0 Å². The highest BCUT2D eigenvalue weighted by atomic mass is 14.6. The first-order valence-corrected chi connectivity index (χ1v) is 4.69. The molecule has 0 radical (unpaired) electrons. The van der Waals surface area contributed by atoms with Crippen molar-refractivity contribution in [3.8, 4) is 11.1 Å². The summed E-state index contributed by atoms with van der Waals surface area (Å²) in [5.41, 5.74) is 10.3. The molecule has 0 bridgehead atoms. The van der Waals surface area contributed by atoms with Crippen molar-refractivity contribution in [2.45, 2.75) is 6.92 Å². The molecule has 0 unspecified atom stereocenters. The van der Waals surface area contributed by atoms with Crippen molar-refractivity contribution >= 4 is 5.69 Å². The van der Waals surface area contributed by atoms with Crippen molar-refractivity contribution in [3.63, 3.8) is 0 Å². The van der Waals surface area contributed by atoms with Crippen molar-refractivity contribution in [2.24, 2.45) is 0 Å². The summed E-state index contributed by atoms with van der Waals surface area (Å²) in [5, 5.41) is 0. The number of anilines is 1. The second kappa shape index (κ2) is 3.54. The van der Waals surface area contributed by atoms with Crippen molar-refractivity contribution in [3.05, 3.63) is 54.1 Å². The molecule has 1 nitrogen and oxygen atoms in total. The molecule has 0 fully saturated rings. The van der Waals surface area contributed by atoms with Gasteiger partial charge in [0.05, 0.1) is 0 Å². The van der Waals surface area contributed by atoms with E-state index >= 15 is 0 Å². The van der Waals surface area contributed by atoms with Crippen molar-refractivity contribution < 1.29 is 0 Å². The van der Waals surface area contributed by atoms with Crippen LogP contribution >= 0.6 is 0 Å². The Labute approximate surface area is 84.2 Å². The summed E-state index contributed by atoms with van der Waals surface area (Å²) in [4.78, 5) is 0. The molecule has 70 valence electrons. The molecule has 0 aromatic heterocycles. The maximum Gasteiger partial charge on any atom is 0.0396 e. The molecule has 0 saturated carbocycles. The molecule has 0 aliphatic heterocycles. The lowest BCUT2D eigenvalue weighted by atomic mass is 10.0. The standard InChI is InChI=1S/C13H13N/c1-10-7-8-12(13(14)9-10)11-5-3-2-4-6-11/h2-9H,14H2,1H3. The van der Waals surface area contributed by atoms with Crippen LogP contribution in [0.5, 0.6) is 0 Å². The first kappa shape index (κ1) is 8.82. The van der Waals surface area contributed by atoms with E-state index in [9.17, 15) is 0 Å². The molecule has 2 aromatic rings. The minimum absolute atomic E-state index is 0.844. The number of rotatable bonds is 1. The summed E-state index contributed by atoms with van der Waals surface area (Å²) in [7, 11) is 0. The van der Waals surface area contributed by atoms with E-state index in [0.29, 0.717) is 0 Å². The van der Waals surface area contributed by atoms with Gasteiger partial charge >= 0.3 is 0 Å². The average molecular weight is 183 g/mol. The van der Waals surface area contributed by atoms with Crippen molar-refractivity contribution in [2.75, 3.05) is 5.73 Å². The van der Waals surface area contributed by atoms with Gasteiger partial charge in [-0.2, -0.15) is 0 Å². The molecule has 2 N–H and O–H groups in total. The summed E-state index contributed by atoms with van der Waals surface area (Å²) in [5.74, 6) is 0. The van der Waals surface area contributed by atoms with Gasteiger partial charge in [-0.3, -0.25) is 0 Å². The van der Waals surface area contributed by atoms with Crippen LogP contribution in [0.2, 0.25) is 0 Å². The summed E-state index contributed by atoms with van der Waals surface area (Å²) in [6.07, 6.45) is 0. The molecule has 0 heterocycles. The maximum absolute atomic E-state index is 5.95. The largest absolute Gasteiger partial charge is 0.398 e. The van der Waals surface area contributed by atoms with Gasteiger partial charge in [0.25, 0.3) is 0 Å². The predicted molar refractivity (Wildman–Crippen MR) is 61.0 cm³/mol. The van der Waals surface area contributed by atoms with Gasteiger partial charge in [-0.05, 0) is 24.1 Å². The second-order valence-corrected chi connectivity index (χ2v) is 3.46. The quantitative estimate of drug-likeness (QED) is 0.675. The molecule has 0 atom stereocenters. The zero-order chi connectivity index (χ0) is 9.97. The summed E-state index contributed by atoms with van der Waals surface area (Å²) in [6, 6.07) is 16.3. The Balaban J connectivity index is 2.53. The van der Waals surface area contributed by atoms with Gasteiger partial charge < -0.3 is 5.73 Å². The third-order valence-corrected chi connectivity index (χ3v) is 2.29. The van der Waals surface area contributed by atoms with E-state index in [4.69, 9.17) is 5.73 Å². The van der Waals surface area contributed by atoms with E-state index in [2.05, 4.69) is 24.3 Å². The Hall–Kier alpha value is -1.76. The highest BCUT2D eigenvalue weighted by Gasteiger charge is 2.00. The SMILES string of the molecule is Cc1ccc(-c2ccccc2)c(N)c1. The molecule has 14 heavy (non-hydrogen) atoms. The number of benzene rings is 2. The minimum atomic E-state index is 0.844. The van der Waals surface area contributed by atoms with Gasteiger partial charge in [-0.1, -0.05) is 42.5 Å². The molecule has 0 aliphatic carbocycles. The molecule has 0 aliphatic rings. The van der Waals surface area contributed by atoms with Crippen molar-refractivity contribution in [1.29, 1.82) is 0 Å². The van der Waals surface area contributed by atoms with E-state index in [0.717, 1.165) is 11.3 Å². The van der Waals surface area contributed by atoms with Crippen LogP contribution < -0.4 is 5.73 Å². The number of nitrogens with two attached hydrogens (primary N) is 1. The lowest BCUT2D eigenvalue weighted by molar-refractivity contribution is 1.47. The fourth-order valence-electron chi connectivity index (χ4n) is 1.56. The second-order valence-electron chi connectivity index (χ2n) is 3.46. The normalized spacial score (nSPS) is 10.1. The Morgan fingerprint density at radius 3 is 2.29 bits per heavy atom. The van der Waals surface area contributed by atoms with Crippen molar-refractivity contribution in [1.82, 2.24) is 0 Å². The highest BCUT2D eigenvalue weighted by molar-refractivity contribution is 5.76. The van der Waals surface area contributed by atoms with Crippen LogP contribution in [0.1, 0.15) is 5.56 Å². The van der Waals surface area contributed by atoms with Gasteiger partial charge in [0, 0.05) is 11.3 Å². The van der Waals surface area contributed by atoms with Crippen LogP contribution in [-0.2, 0) is 0 Å². The van der Waals surface area contributed by atoms with E-state index in [-0.39, 0.29) is 0 Å². The van der Waals surface area contributed by atoms with E-state index in [1.807, 2.05) is 31.2 Å². The van der Waals surface area contributed by atoms with Crippen LogP contribution in [0.25, 0.3) is 11.1 Å². The minimum Gasteiger partial charge on any atom is -0.398 e. The smallest absolute Gasteiger partial charge is 0.0396 e. The monoisotopic (exact) mass is 183 g/mol. The Morgan fingerprint density at radius 1 is 0.929 bits per heavy atom. The van der Waals surface area contributed by atoms with Crippen LogP contribution in [0.3, 0.4) is 0 Å². The average Bonchev–Trinajstić information content (AvgIpc) is 2.19. The Morgan fingerprint density at radius 2 is 1.64 bits per heavy atom. The molecular formula is C13H13N. The third-order valence-electron chi connectivity index (χ3n) is 2.29. The molecule has 2 rings (SSSR count). The van der Waals surface area contributed by atoms with Crippen LogP contribution in [0, 0.1) is 6.92 Å². The van der Waals surface area contributed by atoms with Crippen LogP contribution in [0.15, 0.2) is 48.5 Å². The highest BCUT2D eigenvalue weighted by Crippen LogP contribution is 2.25. The summed E-state index contributed by atoms with van der Waals surface area (Å²) < 4.78 is 0. The van der Waals surface area contributed by atoms with E-state index in [1.165, 1.54) is 11.1 Å². The third kappa shape index (κ3) is 1.62. The molecular weight excluding hydrogens is 170 g/mol. The molecule has 1 heteroatoms. The fraction of sp³-hybridized carbons (Fsp3) is 0.0769. The number of hydrogen-bond donors (Lipinski definition) is 1. The topological polar surface area (TPSA) is 26.0 Å². The molecule has 0 amide bonds. The predicted octanol–water partition coefficient (Wildman–Crippen LogP) is 3.24. The molecule has 2 aromatic carbocycles. The maximum atomic E-state index is 5.95.